The molecule has 9 heteroatoms. The molecule has 1 aliphatic heterocycles. The number of nitrogens with zero attached hydrogens (tertiary/aromatic N) is 2. The number of halogens is 1. The van der Waals surface area contributed by atoms with Crippen LogP contribution >= 0.6 is 24.0 Å². The molecule has 1 unspecified atom stereocenters. The first-order chi connectivity index (χ1) is 14.2. The molecule has 7 nitrogen and oxygen atoms in total. The third kappa shape index (κ3) is 8.42. The quantitative estimate of drug-likeness (QED) is 0.272. The van der Waals surface area contributed by atoms with Crippen LogP contribution in [-0.4, -0.2) is 69.6 Å². The van der Waals surface area contributed by atoms with Gasteiger partial charge in [0.15, 0.2) is 15.8 Å². The maximum Gasteiger partial charge on any atom is 0.191 e. The summed E-state index contributed by atoms with van der Waals surface area (Å²) in [6, 6.07) is 8.37. The van der Waals surface area contributed by atoms with E-state index in [0.717, 1.165) is 25.4 Å². The zero-order chi connectivity index (χ0) is 22.2. The minimum atomic E-state index is -3.17. The Morgan fingerprint density at radius 3 is 2.29 bits per heavy atom. The molecule has 1 heterocycles. The summed E-state index contributed by atoms with van der Waals surface area (Å²) in [6.07, 6.45) is 2.42. The SMILES string of the molecule is CCNC(=NCC(c1ccc(OC)cc1)N1CCCC1)NCCS(=O)(=O)C(C)(C)C.I. The van der Waals surface area contributed by atoms with Gasteiger partial charge in [-0.1, -0.05) is 12.1 Å². The van der Waals surface area contributed by atoms with Crippen LogP contribution in [0.4, 0.5) is 0 Å². The molecule has 31 heavy (non-hydrogen) atoms. The van der Waals surface area contributed by atoms with E-state index in [1.165, 1.54) is 18.4 Å². The molecule has 1 atom stereocenters. The molecule has 1 fully saturated rings. The van der Waals surface area contributed by atoms with Crippen LogP contribution in [0.15, 0.2) is 29.3 Å². The lowest BCUT2D eigenvalue weighted by atomic mass is 10.1. The number of ether oxygens (including phenoxy) is 1. The molecule has 0 bridgehead atoms. The van der Waals surface area contributed by atoms with E-state index in [9.17, 15) is 8.42 Å². The average Bonchev–Trinajstić information content (AvgIpc) is 3.22. The zero-order valence-electron chi connectivity index (χ0n) is 19.5. The predicted octanol–water partition coefficient (Wildman–Crippen LogP) is 3.22. The minimum absolute atomic E-state index is 0. The van der Waals surface area contributed by atoms with Crippen LogP contribution in [0.3, 0.4) is 0 Å². The van der Waals surface area contributed by atoms with Crippen molar-refractivity contribution in [2.75, 3.05) is 45.6 Å². The number of methoxy groups -OCH3 is 1. The number of hydrogen-bond acceptors (Lipinski definition) is 5. The molecule has 0 spiro atoms. The fourth-order valence-electron chi connectivity index (χ4n) is 3.44. The van der Waals surface area contributed by atoms with E-state index in [0.29, 0.717) is 19.0 Å². The second-order valence-corrected chi connectivity index (χ2v) is 11.5. The largest absolute Gasteiger partial charge is 0.497 e. The maximum atomic E-state index is 12.4. The Kier molecular flexibility index (Phi) is 11.6. The molecule has 0 aliphatic carbocycles. The van der Waals surface area contributed by atoms with Gasteiger partial charge in [-0.3, -0.25) is 9.89 Å². The monoisotopic (exact) mass is 566 g/mol. The standard InChI is InChI=1S/C22H38N4O3S.HI/c1-6-23-21(24-13-16-30(27,28)22(2,3)4)25-17-20(26-14-7-8-15-26)18-9-11-19(29-5)12-10-18;/h9-12,20H,6-8,13-17H2,1-5H3,(H2,23,24,25);1H. The number of sulfone groups is 1. The molecule has 2 N–H and O–H groups in total. The molecule has 0 aromatic heterocycles. The molecule has 2 rings (SSSR count). The van der Waals surface area contributed by atoms with Crippen molar-refractivity contribution in [2.24, 2.45) is 4.99 Å². The highest BCUT2D eigenvalue weighted by molar-refractivity contribution is 14.0. The first-order valence-electron chi connectivity index (χ1n) is 10.8. The Morgan fingerprint density at radius 2 is 1.77 bits per heavy atom. The van der Waals surface area contributed by atoms with E-state index in [-0.39, 0.29) is 35.8 Å². The van der Waals surface area contributed by atoms with Gasteiger partial charge in [0.2, 0.25) is 0 Å². The molecular weight excluding hydrogens is 527 g/mol. The fraction of sp³-hybridized carbons (Fsp3) is 0.682. The first-order valence-corrected chi connectivity index (χ1v) is 12.5. The van der Waals surface area contributed by atoms with E-state index < -0.39 is 14.6 Å². The van der Waals surface area contributed by atoms with Crippen LogP contribution in [0.5, 0.6) is 5.75 Å². The van der Waals surface area contributed by atoms with Gasteiger partial charge in [0.05, 0.1) is 30.2 Å². The summed E-state index contributed by atoms with van der Waals surface area (Å²) < 4.78 is 29.2. The summed E-state index contributed by atoms with van der Waals surface area (Å²) in [6.45, 7) is 11.0. The Labute approximate surface area is 205 Å². The number of guanidine groups is 1. The zero-order valence-corrected chi connectivity index (χ0v) is 22.6. The van der Waals surface area contributed by atoms with Gasteiger partial charge < -0.3 is 15.4 Å². The Hall–Kier alpha value is -1.07. The van der Waals surface area contributed by atoms with Crippen LogP contribution in [0.2, 0.25) is 0 Å². The Balaban J connectivity index is 0.00000480. The van der Waals surface area contributed by atoms with Gasteiger partial charge in [0, 0.05) is 13.1 Å². The second-order valence-electron chi connectivity index (χ2n) is 8.61. The lowest BCUT2D eigenvalue weighted by Crippen LogP contribution is -2.42. The van der Waals surface area contributed by atoms with Gasteiger partial charge in [-0.2, -0.15) is 0 Å². The third-order valence-corrected chi connectivity index (χ3v) is 8.05. The second kappa shape index (κ2) is 12.8. The van der Waals surface area contributed by atoms with E-state index in [2.05, 4.69) is 27.7 Å². The molecule has 178 valence electrons. The van der Waals surface area contributed by atoms with Crippen molar-refractivity contribution in [3.63, 3.8) is 0 Å². The molecule has 0 radical (unpaired) electrons. The van der Waals surface area contributed by atoms with Crippen molar-refractivity contribution in [1.82, 2.24) is 15.5 Å². The van der Waals surface area contributed by atoms with Crippen LogP contribution in [0, 0.1) is 0 Å². The van der Waals surface area contributed by atoms with Gasteiger partial charge in [-0.15, -0.1) is 24.0 Å². The summed E-state index contributed by atoms with van der Waals surface area (Å²) in [5, 5.41) is 6.41. The number of rotatable bonds is 9. The summed E-state index contributed by atoms with van der Waals surface area (Å²) in [7, 11) is -1.50. The maximum absolute atomic E-state index is 12.4. The molecular formula is C22H39IN4O3S. The molecule has 1 aliphatic rings. The smallest absolute Gasteiger partial charge is 0.191 e. The van der Waals surface area contributed by atoms with Crippen molar-refractivity contribution >= 4 is 39.8 Å². The van der Waals surface area contributed by atoms with Crippen LogP contribution in [0.1, 0.15) is 52.1 Å². The molecule has 1 saturated heterocycles. The number of likely N-dealkylation sites (tertiary alicyclic amines) is 1. The summed E-state index contributed by atoms with van der Waals surface area (Å²) in [4.78, 5) is 7.26. The predicted molar refractivity (Wildman–Crippen MR) is 139 cm³/mol. The number of benzene rings is 1. The molecule has 1 aromatic rings. The van der Waals surface area contributed by atoms with Crippen LogP contribution < -0.4 is 15.4 Å². The number of aliphatic imine (C=N–C) groups is 1. The molecule has 1 aromatic carbocycles. The summed E-state index contributed by atoms with van der Waals surface area (Å²) in [5.74, 6) is 1.58. The summed E-state index contributed by atoms with van der Waals surface area (Å²) >= 11 is 0. The van der Waals surface area contributed by atoms with Crippen molar-refractivity contribution in [3.8, 4) is 5.75 Å². The number of hydrogen-bond donors (Lipinski definition) is 2. The number of nitrogens with one attached hydrogen (secondary N) is 2. The van der Waals surface area contributed by atoms with Crippen molar-refractivity contribution < 1.29 is 13.2 Å². The van der Waals surface area contributed by atoms with E-state index >= 15 is 0 Å². The van der Waals surface area contributed by atoms with Crippen LogP contribution in [-0.2, 0) is 9.84 Å². The Morgan fingerprint density at radius 1 is 1.16 bits per heavy atom. The minimum Gasteiger partial charge on any atom is -0.497 e. The Bertz CT molecular complexity index is 786. The topological polar surface area (TPSA) is 83.0 Å². The fourth-order valence-corrected chi connectivity index (χ4v) is 4.42. The van der Waals surface area contributed by atoms with Gasteiger partial charge in [-0.25, -0.2) is 8.42 Å². The van der Waals surface area contributed by atoms with E-state index in [4.69, 9.17) is 9.73 Å². The summed E-state index contributed by atoms with van der Waals surface area (Å²) in [5.41, 5.74) is 1.22. The highest BCUT2D eigenvalue weighted by atomic mass is 127. The average molecular weight is 567 g/mol. The van der Waals surface area contributed by atoms with Crippen molar-refractivity contribution in [1.29, 1.82) is 0 Å². The van der Waals surface area contributed by atoms with Gasteiger partial charge in [0.25, 0.3) is 0 Å². The highest BCUT2D eigenvalue weighted by Crippen LogP contribution is 2.27. The lowest BCUT2D eigenvalue weighted by molar-refractivity contribution is 0.251. The lowest BCUT2D eigenvalue weighted by Gasteiger charge is -2.27. The molecule has 0 saturated carbocycles. The van der Waals surface area contributed by atoms with Gasteiger partial charge in [-0.05, 0) is 71.3 Å². The van der Waals surface area contributed by atoms with Gasteiger partial charge in [0.1, 0.15) is 5.75 Å². The van der Waals surface area contributed by atoms with Crippen molar-refractivity contribution in [2.45, 2.75) is 51.3 Å². The third-order valence-electron chi connectivity index (χ3n) is 5.44. The normalized spacial score (nSPS) is 16.5. The van der Waals surface area contributed by atoms with E-state index in [1.807, 2.05) is 19.1 Å². The van der Waals surface area contributed by atoms with Crippen molar-refractivity contribution in [3.05, 3.63) is 29.8 Å². The van der Waals surface area contributed by atoms with E-state index in [1.54, 1.807) is 27.9 Å². The van der Waals surface area contributed by atoms with Crippen LogP contribution in [0.25, 0.3) is 0 Å². The molecule has 0 amide bonds. The van der Waals surface area contributed by atoms with Gasteiger partial charge >= 0.3 is 0 Å². The highest BCUT2D eigenvalue weighted by Gasteiger charge is 2.28. The first kappa shape index (κ1) is 28.0.